The van der Waals surface area contributed by atoms with Crippen LogP contribution in [0.15, 0.2) is 17.5 Å². The van der Waals surface area contributed by atoms with Crippen molar-refractivity contribution < 1.29 is 9.90 Å². The van der Waals surface area contributed by atoms with Gasteiger partial charge in [0.05, 0.1) is 5.69 Å². The molecule has 1 aromatic heterocycles. The zero-order valence-corrected chi connectivity index (χ0v) is 11.7. The van der Waals surface area contributed by atoms with Crippen molar-refractivity contribution in [3.05, 3.63) is 23.2 Å². The maximum Gasteiger partial charge on any atom is 0.321 e. The molecule has 5 nitrogen and oxygen atoms in total. The number of aryl methyl sites for hydroxylation is 1. The summed E-state index contributed by atoms with van der Waals surface area (Å²) in [6.45, 7) is 2.23. The smallest absolute Gasteiger partial charge is 0.321 e. The first-order valence-corrected chi connectivity index (χ1v) is 7.40. The third-order valence-corrected chi connectivity index (χ3v) is 3.81. The standard InChI is InChI=1S/C13H19N3O2S/c1-2-3-11-8-19-13(15-11)16-12(18)14-10-5-4-9(6-10)7-17/h4-5,8-10,17H,2-3,6-7H2,1H3,(H2,14,15,16,18)/t9-,10+/m0/s1. The van der Waals surface area contributed by atoms with Crippen LogP contribution in [0.1, 0.15) is 25.5 Å². The molecule has 19 heavy (non-hydrogen) atoms. The first-order valence-electron chi connectivity index (χ1n) is 6.52. The Kier molecular flexibility index (Phi) is 4.93. The van der Waals surface area contributed by atoms with E-state index in [1.54, 1.807) is 0 Å². The lowest BCUT2D eigenvalue weighted by atomic mass is 10.1. The fourth-order valence-electron chi connectivity index (χ4n) is 2.05. The van der Waals surface area contributed by atoms with Crippen molar-refractivity contribution >= 4 is 22.5 Å². The number of amides is 2. The molecule has 2 amide bonds. The highest BCUT2D eigenvalue weighted by atomic mass is 32.1. The summed E-state index contributed by atoms with van der Waals surface area (Å²) in [6.07, 6.45) is 6.59. The van der Waals surface area contributed by atoms with Crippen LogP contribution in [0.25, 0.3) is 0 Å². The van der Waals surface area contributed by atoms with Crippen LogP contribution in [0, 0.1) is 5.92 Å². The van der Waals surface area contributed by atoms with E-state index in [0.29, 0.717) is 5.13 Å². The van der Waals surface area contributed by atoms with E-state index in [9.17, 15) is 4.79 Å². The van der Waals surface area contributed by atoms with E-state index in [4.69, 9.17) is 5.11 Å². The number of hydrogen-bond donors (Lipinski definition) is 3. The quantitative estimate of drug-likeness (QED) is 0.724. The maximum absolute atomic E-state index is 11.8. The zero-order valence-electron chi connectivity index (χ0n) is 10.9. The molecule has 1 heterocycles. The second-order valence-electron chi connectivity index (χ2n) is 4.66. The van der Waals surface area contributed by atoms with Gasteiger partial charge in [-0.3, -0.25) is 5.32 Å². The molecule has 1 aliphatic carbocycles. The van der Waals surface area contributed by atoms with Crippen LogP contribution < -0.4 is 10.6 Å². The van der Waals surface area contributed by atoms with Gasteiger partial charge in [-0.1, -0.05) is 25.5 Å². The van der Waals surface area contributed by atoms with Gasteiger partial charge in [0.1, 0.15) is 0 Å². The number of aliphatic hydroxyl groups is 1. The van der Waals surface area contributed by atoms with Crippen LogP contribution in [-0.2, 0) is 6.42 Å². The number of carbonyl (C=O) groups excluding carboxylic acids is 1. The zero-order chi connectivity index (χ0) is 13.7. The Balaban J connectivity index is 1.79. The molecule has 0 bridgehead atoms. The Bertz CT molecular complexity index is 458. The van der Waals surface area contributed by atoms with Crippen LogP contribution in [0.5, 0.6) is 0 Å². The summed E-state index contributed by atoms with van der Waals surface area (Å²) in [6, 6.07) is -0.252. The summed E-state index contributed by atoms with van der Waals surface area (Å²) < 4.78 is 0. The van der Waals surface area contributed by atoms with Gasteiger partial charge >= 0.3 is 6.03 Å². The third kappa shape index (κ3) is 4.04. The van der Waals surface area contributed by atoms with Gasteiger partial charge in [0.2, 0.25) is 0 Å². The number of thiazole rings is 1. The first-order chi connectivity index (χ1) is 9.21. The van der Waals surface area contributed by atoms with Crippen molar-refractivity contribution in [1.82, 2.24) is 10.3 Å². The van der Waals surface area contributed by atoms with Crippen molar-refractivity contribution in [2.24, 2.45) is 5.92 Å². The Hall–Kier alpha value is -1.40. The highest BCUT2D eigenvalue weighted by molar-refractivity contribution is 7.13. The largest absolute Gasteiger partial charge is 0.396 e. The molecule has 2 atom stereocenters. The van der Waals surface area contributed by atoms with Gasteiger partial charge in [-0.05, 0) is 12.8 Å². The summed E-state index contributed by atoms with van der Waals surface area (Å²) in [5.74, 6) is 0.154. The molecular formula is C13H19N3O2S. The normalized spacial score (nSPS) is 21.6. The Labute approximate surface area is 116 Å². The molecule has 0 saturated heterocycles. The van der Waals surface area contributed by atoms with Gasteiger partial charge < -0.3 is 10.4 Å². The summed E-state index contributed by atoms with van der Waals surface area (Å²) in [7, 11) is 0. The van der Waals surface area contributed by atoms with Crippen molar-refractivity contribution in [1.29, 1.82) is 0 Å². The van der Waals surface area contributed by atoms with Gasteiger partial charge in [-0.2, -0.15) is 0 Å². The molecular weight excluding hydrogens is 262 g/mol. The molecule has 0 radical (unpaired) electrons. The number of nitrogens with zero attached hydrogens (tertiary/aromatic N) is 1. The number of nitrogens with one attached hydrogen (secondary N) is 2. The molecule has 3 N–H and O–H groups in total. The molecule has 1 aromatic rings. The average Bonchev–Trinajstić information content (AvgIpc) is 2.99. The fraction of sp³-hybridized carbons (Fsp3) is 0.538. The van der Waals surface area contributed by atoms with Crippen molar-refractivity contribution in [2.45, 2.75) is 32.2 Å². The number of urea groups is 1. The Morgan fingerprint density at radius 2 is 2.42 bits per heavy atom. The number of hydrogen-bond acceptors (Lipinski definition) is 4. The van der Waals surface area contributed by atoms with Crippen LogP contribution >= 0.6 is 11.3 Å². The molecule has 0 saturated carbocycles. The second kappa shape index (κ2) is 6.68. The van der Waals surface area contributed by atoms with E-state index >= 15 is 0 Å². The number of aliphatic hydroxyl groups excluding tert-OH is 1. The minimum absolute atomic E-state index is 0.00720. The minimum atomic E-state index is -0.245. The van der Waals surface area contributed by atoms with Crippen molar-refractivity contribution in [3.63, 3.8) is 0 Å². The molecule has 104 valence electrons. The summed E-state index contributed by atoms with van der Waals surface area (Å²) in [5.41, 5.74) is 1.02. The summed E-state index contributed by atoms with van der Waals surface area (Å²) in [5, 5.41) is 17.2. The van der Waals surface area contributed by atoms with E-state index in [1.165, 1.54) is 11.3 Å². The van der Waals surface area contributed by atoms with E-state index in [1.807, 2.05) is 17.5 Å². The van der Waals surface area contributed by atoms with Crippen molar-refractivity contribution in [3.8, 4) is 0 Å². The van der Waals surface area contributed by atoms with E-state index < -0.39 is 0 Å². The van der Waals surface area contributed by atoms with Crippen molar-refractivity contribution in [2.75, 3.05) is 11.9 Å². The molecule has 0 spiro atoms. The number of rotatable bonds is 5. The Morgan fingerprint density at radius 1 is 1.58 bits per heavy atom. The van der Waals surface area contributed by atoms with Gasteiger partial charge in [0.25, 0.3) is 0 Å². The van der Waals surface area contributed by atoms with Gasteiger partial charge in [0, 0.05) is 23.9 Å². The third-order valence-electron chi connectivity index (χ3n) is 3.00. The molecule has 0 aromatic carbocycles. The highest BCUT2D eigenvalue weighted by Crippen LogP contribution is 2.18. The Morgan fingerprint density at radius 3 is 3.11 bits per heavy atom. The monoisotopic (exact) mass is 281 g/mol. The van der Waals surface area contributed by atoms with Crippen LogP contribution in [0.4, 0.5) is 9.93 Å². The van der Waals surface area contributed by atoms with Gasteiger partial charge in [-0.15, -0.1) is 11.3 Å². The van der Waals surface area contributed by atoms with Gasteiger partial charge in [0.15, 0.2) is 5.13 Å². The number of carbonyl (C=O) groups is 1. The van der Waals surface area contributed by atoms with E-state index in [2.05, 4.69) is 22.5 Å². The molecule has 6 heteroatoms. The van der Waals surface area contributed by atoms with Crippen LogP contribution in [0.2, 0.25) is 0 Å². The molecule has 1 aliphatic rings. The fourth-order valence-corrected chi connectivity index (χ4v) is 2.79. The number of aromatic nitrogens is 1. The average molecular weight is 281 g/mol. The maximum atomic E-state index is 11.8. The molecule has 0 aliphatic heterocycles. The van der Waals surface area contributed by atoms with E-state index in [0.717, 1.165) is 25.0 Å². The summed E-state index contributed by atoms with van der Waals surface area (Å²) in [4.78, 5) is 16.1. The van der Waals surface area contributed by atoms with E-state index in [-0.39, 0.29) is 24.6 Å². The molecule has 0 unspecified atom stereocenters. The lowest BCUT2D eigenvalue weighted by molar-refractivity contribution is 0.238. The predicted molar refractivity (Wildman–Crippen MR) is 76.4 cm³/mol. The predicted octanol–water partition coefficient (Wildman–Crippen LogP) is 2.15. The molecule has 0 fully saturated rings. The van der Waals surface area contributed by atoms with Crippen LogP contribution in [-0.4, -0.2) is 28.8 Å². The lowest BCUT2D eigenvalue weighted by Gasteiger charge is -2.12. The second-order valence-corrected chi connectivity index (χ2v) is 5.52. The van der Waals surface area contributed by atoms with Crippen LogP contribution in [0.3, 0.4) is 0 Å². The first kappa shape index (κ1) is 14.0. The number of anilines is 1. The molecule has 2 rings (SSSR count). The lowest BCUT2D eigenvalue weighted by Crippen LogP contribution is -2.36. The van der Waals surface area contributed by atoms with Gasteiger partial charge in [-0.25, -0.2) is 9.78 Å². The summed E-state index contributed by atoms with van der Waals surface area (Å²) >= 11 is 1.44. The topological polar surface area (TPSA) is 74.2 Å². The highest BCUT2D eigenvalue weighted by Gasteiger charge is 2.19. The minimum Gasteiger partial charge on any atom is -0.396 e. The SMILES string of the molecule is CCCc1csc(NC(=O)N[C@@H]2C=C[C@H](CO)C2)n1.